The van der Waals surface area contributed by atoms with E-state index in [0.717, 1.165) is 30.7 Å². The summed E-state index contributed by atoms with van der Waals surface area (Å²) in [7, 11) is 0. The number of piperidine rings is 1. The summed E-state index contributed by atoms with van der Waals surface area (Å²) >= 11 is 0. The van der Waals surface area contributed by atoms with E-state index in [4.69, 9.17) is 0 Å². The molecule has 3 rings (SSSR count). The molecule has 1 atom stereocenters. The van der Waals surface area contributed by atoms with E-state index in [-0.39, 0.29) is 17.9 Å². The van der Waals surface area contributed by atoms with Gasteiger partial charge in [-0.3, -0.25) is 14.7 Å². The van der Waals surface area contributed by atoms with Crippen molar-refractivity contribution >= 4 is 11.8 Å². The van der Waals surface area contributed by atoms with Crippen molar-refractivity contribution in [3.63, 3.8) is 0 Å². The molecule has 1 aromatic heterocycles. The zero-order chi connectivity index (χ0) is 18.5. The van der Waals surface area contributed by atoms with Crippen molar-refractivity contribution in [2.24, 2.45) is 0 Å². The second-order valence-corrected chi connectivity index (χ2v) is 6.41. The third-order valence-corrected chi connectivity index (χ3v) is 4.53. The Labute approximate surface area is 152 Å². The Morgan fingerprint density at radius 3 is 2.77 bits per heavy atom. The largest absolute Gasteiger partial charge is 0.348 e. The zero-order valence-electron chi connectivity index (χ0n) is 14.9. The molecular weight excluding hydrogens is 330 g/mol. The average molecular weight is 353 g/mol. The van der Waals surface area contributed by atoms with Gasteiger partial charge in [-0.25, -0.2) is 4.98 Å². The molecule has 1 aromatic carbocycles. The van der Waals surface area contributed by atoms with E-state index >= 15 is 0 Å². The number of rotatable bonds is 5. The standard InChI is InChI=1S/C19H23N5O2/c1-3-17(25)20-12-14-7-9-15(10-8-14)19(26)24-11-5-4-6-16(24)18-21-13(2)22-23-18/h3,7-10,16H,1,4-6,11-12H2,2H3,(H,20,25)(H,21,22,23). The Kier molecular flexibility index (Phi) is 5.46. The van der Waals surface area contributed by atoms with Crippen molar-refractivity contribution in [3.8, 4) is 0 Å². The molecule has 1 unspecified atom stereocenters. The number of carbonyl (C=O) groups excluding carboxylic acids is 2. The normalized spacial score (nSPS) is 17.0. The number of H-pyrrole nitrogens is 1. The van der Waals surface area contributed by atoms with Crippen LogP contribution in [0.15, 0.2) is 36.9 Å². The highest BCUT2D eigenvalue weighted by Gasteiger charge is 2.31. The third-order valence-electron chi connectivity index (χ3n) is 4.53. The van der Waals surface area contributed by atoms with Crippen LogP contribution < -0.4 is 5.32 Å². The average Bonchev–Trinajstić information content (AvgIpc) is 3.12. The summed E-state index contributed by atoms with van der Waals surface area (Å²) < 4.78 is 0. The van der Waals surface area contributed by atoms with Crippen molar-refractivity contribution < 1.29 is 9.59 Å². The van der Waals surface area contributed by atoms with Crippen LogP contribution in [0.4, 0.5) is 0 Å². The van der Waals surface area contributed by atoms with Gasteiger partial charge in [-0.1, -0.05) is 18.7 Å². The molecule has 2 heterocycles. The first-order valence-corrected chi connectivity index (χ1v) is 8.77. The maximum Gasteiger partial charge on any atom is 0.254 e. The fourth-order valence-corrected chi connectivity index (χ4v) is 3.14. The molecule has 1 aliphatic heterocycles. The number of carbonyl (C=O) groups is 2. The van der Waals surface area contributed by atoms with Gasteiger partial charge in [0.2, 0.25) is 5.91 Å². The lowest BCUT2D eigenvalue weighted by Gasteiger charge is -2.34. The summed E-state index contributed by atoms with van der Waals surface area (Å²) in [5, 5.41) is 9.83. The molecule has 7 nitrogen and oxygen atoms in total. The van der Waals surface area contributed by atoms with E-state index in [1.54, 1.807) is 12.1 Å². The number of aryl methyl sites for hydroxylation is 1. The van der Waals surface area contributed by atoms with Crippen LogP contribution in [0, 0.1) is 6.92 Å². The number of amides is 2. The molecule has 0 aliphatic carbocycles. The van der Waals surface area contributed by atoms with Gasteiger partial charge in [0.05, 0.1) is 6.04 Å². The summed E-state index contributed by atoms with van der Waals surface area (Å²) in [5.41, 5.74) is 1.56. The molecule has 2 N–H and O–H groups in total. The van der Waals surface area contributed by atoms with Gasteiger partial charge in [-0.2, -0.15) is 5.10 Å². The van der Waals surface area contributed by atoms with Crippen molar-refractivity contribution in [2.45, 2.75) is 38.8 Å². The van der Waals surface area contributed by atoms with E-state index < -0.39 is 0 Å². The van der Waals surface area contributed by atoms with Crippen molar-refractivity contribution in [1.82, 2.24) is 25.4 Å². The van der Waals surface area contributed by atoms with Crippen LogP contribution in [0.1, 0.15) is 52.9 Å². The van der Waals surface area contributed by atoms with Crippen molar-refractivity contribution in [2.75, 3.05) is 6.54 Å². The number of nitrogens with zero attached hydrogens (tertiary/aromatic N) is 3. The van der Waals surface area contributed by atoms with Crippen LogP contribution in [0.3, 0.4) is 0 Å². The Balaban J connectivity index is 1.72. The molecule has 1 aliphatic rings. The molecule has 7 heteroatoms. The summed E-state index contributed by atoms with van der Waals surface area (Å²) in [5.74, 6) is 1.20. The minimum absolute atomic E-state index is 0.0150. The summed E-state index contributed by atoms with van der Waals surface area (Å²) in [6.45, 7) is 6.38. The van der Waals surface area contributed by atoms with Crippen LogP contribution in [0.25, 0.3) is 0 Å². The smallest absolute Gasteiger partial charge is 0.254 e. The Morgan fingerprint density at radius 2 is 2.12 bits per heavy atom. The molecule has 2 aromatic rings. The highest BCUT2D eigenvalue weighted by Crippen LogP contribution is 2.30. The number of benzene rings is 1. The van der Waals surface area contributed by atoms with E-state index in [0.29, 0.717) is 24.5 Å². The molecule has 1 saturated heterocycles. The molecule has 0 saturated carbocycles. The first-order valence-electron chi connectivity index (χ1n) is 8.77. The maximum atomic E-state index is 13.0. The minimum atomic E-state index is -0.219. The van der Waals surface area contributed by atoms with Crippen LogP contribution in [-0.4, -0.2) is 38.4 Å². The zero-order valence-corrected chi connectivity index (χ0v) is 14.9. The monoisotopic (exact) mass is 353 g/mol. The third kappa shape index (κ3) is 3.99. The lowest BCUT2D eigenvalue weighted by molar-refractivity contribution is -0.116. The number of hydrogen-bond donors (Lipinski definition) is 2. The van der Waals surface area contributed by atoms with Crippen LogP contribution in [0.2, 0.25) is 0 Å². The van der Waals surface area contributed by atoms with Gasteiger partial charge in [0.1, 0.15) is 5.82 Å². The summed E-state index contributed by atoms with van der Waals surface area (Å²) in [6, 6.07) is 7.21. The van der Waals surface area contributed by atoms with Gasteiger partial charge in [0.25, 0.3) is 5.91 Å². The predicted octanol–water partition coefficient (Wildman–Crippen LogP) is 2.28. The number of hydrogen-bond acceptors (Lipinski definition) is 4. The van der Waals surface area contributed by atoms with Crippen LogP contribution in [0.5, 0.6) is 0 Å². The van der Waals surface area contributed by atoms with E-state index in [9.17, 15) is 9.59 Å². The fourth-order valence-electron chi connectivity index (χ4n) is 3.14. The number of nitrogens with one attached hydrogen (secondary N) is 2. The molecular formula is C19H23N5O2. The molecule has 26 heavy (non-hydrogen) atoms. The number of aromatic amines is 1. The van der Waals surface area contributed by atoms with E-state index in [1.165, 1.54) is 6.08 Å². The molecule has 0 radical (unpaired) electrons. The van der Waals surface area contributed by atoms with Crippen LogP contribution >= 0.6 is 0 Å². The maximum absolute atomic E-state index is 13.0. The van der Waals surface area contributed by atoms with Gasteiger partial charge in [-0.05, 0) is 50.0 Å². The highest BCUT2D eigenvalue weighted by molar-refractivity contribution is 5.94. The second kappa shape index (κ2) is 7.95. The number of likely N-dealkylation sites (tertiary alicyclic amines) is 1. The molecule has 0 spiro atoms. The van der Waals surface area contributed by atoms with E-state index in [2.05, 4.69) is 27.1 Å². The van der Waals surface area contributed by atoms with Gasteiger partial charge in [-0.15, -0.1) is 0 Å². The number of aromatic nitrogens is 3. The van der Waals surface area contributed by atoms with Crippen LogP contribution in [-0.2, 0) is 11.3 Å². The van der Waals surface area contributed by atoms with E-state index in [1.807, 2.05) is 24.0 Å². The van der Waals surface area contributed by atoms with Crippen molar-refractivity contribution in [3.05, 3.63) is 59.7 Å². The van der Waals surface area contributed by atoms with Gasteiger partial charge >= 0.3 is 0 Å². The first-order chi connectivity index (χ1) is 12.6. The quantitative estimate of drug-likeness (QED) is 0.807. The predicted molar refractivity (Wildman–Crippen MR) is 97.2 cm³/mol. The summed E-state index contributed by atoms with van der Waals surface area (Å²) in [6.07, 6.45) is 4.15. The van der Waals surface area contributed by atoms with Gasteiger partial charge < -0.3 is 10.2 Å². The lowest BCUT2D eigenvalue weighted by atomic mass is 10.00. The second-order valence-electron chi connectivity index (χ2n) is 6.41. The Hall–Kier alpha value is -2.96. The first kappa shape index (κ1) is 17.8. The summed E-state index contributed by atoms with van der Waals surface area (Å²) in [4.78, 5) is 30.5. The van der Waals surface area contributed by atoms with Gasteiger partial charge in [0.15, 0.2) is 5.82 Å². The lowest BCUT2D eigenvalue weighted by Crippen LogP contribution is -2.39. The fraction of sp³-hybridized carbons (Fsp3) is 0.368. The molecule has 136 valence electrons. The molecule has 0 bridgehead atoms. The van der Waals surface area contributed by atoms with Crippen molar-refractivity contribution in [1.29, 1.82) is 0 Å². The Morgan fingerprint density at radius 1 is 1.35 bits per heavy atom. The highest BCUT2D eigenvalue weighted by atomic mass is 16.2. The minimum Gasteiger partial charge on any atom is -0.348 e. The molecule has 2 amide bonds. The topological polar surface area (TPSA) is 91.0 Å². The SMILES string of the molecule is C=CC(=O)NCc1ccc(C(=O)N2CCCCC2c2n[nH]c(C)n2)cc1. The Bertz CT molecular complexity index is 797. The molecule has 1 fully saturated rings. The van der Waals surface area contributed by atoms with Gasteiger partial charge in [0, 0.05) is 18.7 Å².